The molecule has 0 fully saturated rings. The van der Waals surface area contributed by atoms with Crippen molar-refractivity contribution in [2.45, 2.75) is 6.92 Å². The summed E-state index contributed by atoms with van der Waals surface area (Å²) in [6.45, 7) is 1.98. The first-order chi connectivity index (χ1) is 5.72. The van der Waals surface area contributed by atoms with Gasteiger partial charge in [-0.3, -0.25) is 0 Å². The fourth-order valence-corrected chi connectivity index (χ4v) is 0.839. The Morgan fingerprint density at radius 3 is 2.42 bits per heavy atom. The summed E-state index contributed by atoms with van der Waals surface area (Å²) >= 11 is 5.07. The quantitative estimate of drug-likeness (QED) is 0.646. The molecule has 0 aliphatic rings. The lowest BCUT2D eigenvalue weighted by Gasteiger charge is -2.02. The van der Waals surface area contributed by atoms with E-state index in [1.807, 2.05) is 36.0 Å². The number of hydrogen-bond donors (Lipinski definition) is 2. The Balaban J connectivity index is 2.64. The van der Waals surface area contributed by atoms with E-state index in [1.165, 1.54) is 0 Å². The summed E-state index contributed by atoms with van der Waals surface area (Å²) in [6, 6.07) is 7.00. The summed E-state index contributed by atoms with van der Waals surface area (Å²) in [5.41, 5.74) is 1.87. The lowest BCUT2D eigenvalue weighted by atomic mass is 10.2. The monoisotopic (exact) mass is 184 g/mol. The van der Waals surface area contributed by atoms with Gasteiger partial charge >= 0.3 is 6.03 Å². The highest BCUT2D eigenvalue weighted by Gasteiger charge is 1.97. The molecule has 0 bridgehead atoms. The molecule has 1 aromatic carbocycles. The molecule has 0 aliphatic heterocycles. The molecule has 0 aromatic heterocycles. The normalized spacial score (nSPS) is 9.17. The van der Waals surface area contributed by atoms with Crippen LogP contribution in [0.1, 0.15) is 5.56 Å². The van der Waals surface area contributed by atoms with Gasteiger partial charge in [-0.05, 0) is 19.1 Å². The summed E-state index contributed by atoms with van der Waals surface area (Å²) in [6.07, 6.45) is 0. The molecule has 0 heterocycles. The van der Waals surface area contributed by atoms with Crippen LogP contribution in [0.3, 0.4) is 0 Å². The summed E-state index contributed by atoms with van der Waals surface area (Å²) in [4.78, 5) is 12.7. The van der Waals surface area contributed by atoms with Gasteiger partial charge in [-0.25, -0.2) is 9.63 Å². The first kappa shape index (κ1) is 8.87. The number of carbonyl (C=O) groups excluding carboxylic acids is 1. The van der Waals surface area contributed by atoms with Crippen LogP contribution in [-0.4, -0.2) is 6.03 Å². The zero-order valence-electron chi connectivity index (χ0n) is 6.60. The number of halogens is 1. The van der Waals surface area contributed by atoms with E-state index < -0.39 is 6.03 Å². The van der Waals surface area contributed by atoms with Crippen LogP contribution in [0.4, 0.5) is 10.5 Å². The zero-order valence-corrected chi connectivity index (χ0v) is 7.35. The highest BCUT2D eigenvalue weighted by Crippen LogP contribution is 2.07. The predicted molar refractivity (Wildman–Crippen MR) is 49.2 cm³/mol. The lowest BCUT2D eigenvalue weighted by Crippen LogP contribution is -2.20. The Hall–Kier alpha value is -1.22. The smallest absolute Gasteiger partial charge is 0.307 e. The van der Waals surface area contributed by atoms with Crippen molar-refractivity contribution in [1.29, 1.82) is 0 Å². The molecule has 0 aliphatic carbocycles. The van der Waals surface area contributed by atoms with Gasteiger partial charge in [-0.1, -0.05) is 17.7 Å². The molecule has 3 nitrogen and oxygen atoms in total. The summed E-state index contributed by atoms with van der Waals surface area (Å²) in [5.74, 6) is 0. The van der Waals surface area contributed by atoms with Crippen LogP contribution in [0.25, 0.3) is 0 Å². The molecule has 1 aromatic rings. The fourth-order valence-electron chi connectivity index (χ4n) is 0.792. The molecule has 0 unspecified atom stereocenters. The van der Waals surface area contributed by atoms with Gasteiger partial charge in [-0.2, -0.15) is 0 Å². The molecule has 1 rings (SSSR count). The van der Waals surface area contributed by atoms with E-state index in [0.717, 1.165) is 11.3 Å². The second-order valence-corrected chi connectivity index (χ2v) is 2.60. The Morgan fingerprint density at radius 1 is 1.33 bits per heavy atom. The van der Waals surface area contributed by atoms with Gasteiger partial charge in [0.05, 0.1) is 0 Å². The molecule has 0 saturated heterocycles. The number of rotatable bonds is 1. The first-order valence-electron chi connectivity index (χ1n) is 3.46. The number of benzene rings is 1. The number of carbonyl (C=O) groups is 1. The third kappa shape index (κ3) is 2.43. The van der Waals surface area contributed by atoms with E-state index in [9.17, 15) is 4.79 Å². The summed E-state index contributed by atoms with van der Waals surface area (Å²) in [5, 5.41) is 2.54. The van der Waals surface area contributed by atoms with Crippen LogP contribution in [0.2, 0.25) is 0 Å². The summed E-state index contributed by atoms with van der Waals surface area (Å²) < 4.78 is 0. The highest BCUT2D eigenvalue weighted by atomic mass is 35.5. The van der Waals surface area contributed by atoms with Gasteiger partial charge in [0.25, 0.3) is 0 Å². The molecule has 2 N–H and O–H groups in total. The SMILES string of the molecule is Cc1ccc(NC(=O)NCl)cc1. The predicted octanol–water partition coefficient (Wildman–Crippen LogP) is 2.27. The Labute approximate surface area is 75.8 Å². The first-order valence-corrected chi connectivity index (χ1v) is 3.84. The van der Waals surface area contributed by atoms with Gasteiger partial charge in [0.1, 0.15) is 0 Å². The zero-order chi connectivity index (χ0) is 8.97. The van der Waals surface area contributed by atoms with Crippen LogP contribution in [0, 0.1) is 6.92 Å². The number of nitrogens with one attached hydrogen (secondary N) is 2. The highest BCUT2D eigenvalue weighted by molar-refractivity contribution is 6.22. The maximum atomic E-state index is 10.7. The Kier molecular flexibility index (Phi) is 2.94. The minimum Gasteiger partial charge on any atom is -0.307 e. The fraction of sp³-hybridized carbons (Fsp3) is 0.125. The van der Waals surface area contributed by atoms with Crippen LogP contribution >= 0.6 is 11.8 Å². The molecule has 0 atom stereocenters. The molecule has 2 amide bonds. The van der Waals surface area contributed by atoms with Crippen molar-refractivity contribution in [3.8, 4) is 0 Å². The van der Waals surface area contributed by atoms with Crippen molar-refractivity contribution in [3.05, 3.63) is 29.8 Å². The molecule has 64 valence electrons. The van der Waals surface area contributed by atoms with Gasteiger partial charge in [-0.15, -0.1) is 0 Å². The van der Waals surface area contributed by atoms with Crippen LogP contribution in [0.5, 0.6) is 0 Å². The van der Waals surface area contributed by atoms with Crippen LogP contribution in [-0.2, 0) is 0 Å². The van der Waals surface area contributed by atoms with Crippen LogP contribution < -0.4 is 10.2 Å². The van der Waals surface area contributed by atoms with Gasteiger partial charge in [0.15, 0.2) is 0 Å². The maximum Gasteiger partial charge on any atom is 0.333 e. The lowest BCUT2D eigenvalue weighted by molar-refractivity contribution is 0.257. The molecular formula is C8H9ClN2O. The van der Waals surface area contributed by atoms with Crippen molar-refractivity contribution < 1.29 is 4.79 Å². The van der Waals surface area contributed by atoms with Crippen molar-refractivity contribution in [3.63, 3.8) is 0 Å². The van der Waals surface area contributed by atoms with E-state index in [2.05, 4.69) is 5.32 Å². The number of amides is 2. The van der Waals surface area contributed by atoms with E-state index in [1.54, 1.807) is 0 Å². The molecule has 12 heavy (non-hydrogen) atoms. The minimum absolute atomic E-state index is 0.430. The van der Waals surface area contributed by atoms with Crippen molar-refractivity contribution in [1.82, 2.24) is 4.84 Å². The van der Waals surface area contributed by atoms with Crippen LogP contribution in [0.15, 0.2) is 24.3 Å². The third-order valence-electron chi connectivity index (χ3n) is 1.40. The van der Waals surface area contributed by atoms with Crippen molar-refractivity contribution in [2.75, 3.05) is 5.32 Å². The van der Waals surface area contributed by atoms with E-state index in [0.29, 0.717) is 0 Å². The Bertz CT molecular complexity index is 271. The van der Waals surface area contributed by atoms with Gasteiger partial charge in [0.2, 0.25) is 0 Å². The maximum absolute atomic E-state index is 10.7. The molecule has 0 spiro atoms. The summed E-state index contributed by atoms with van der Waals surface area (Å²) in [7, 11) is 0. The number of aryl methyl sites for hydroxylation is 1. The molecule has 4 heteroatoms. The van der Waals surface area contributed by atoms with E-state index >= 15 is 0 Å². The molecule has 0 radical (unpaired) electrons. The molecule has 0 saturated carbocycles. The largest absolute Gasteiger partial charge is 0.333 e. The van der Waals surface area contributed by atoms with E-state index in [-0.39, 0.29) is 0 Å². The van der Waals surface area contributed by atoms with Gasteiger partial charge in [0, 0.05) is 17.5 Å². The number of hydrogen-bond acceptors (Lipinski definition) is 1. The average molecular weight is 185 g/mol. The number of anilines is 1. The topological polar surface area (TPSA) is 41.1 Å². The second-order valence-electron chi connectivity index (χ2n) is 2.41. The second kappa shape index (κ2) is 3.97. The standard InChI is InChI=1S/C8H9ClN2O/c1-6-2-4-7(5-3-6)10-8(12)11-9/h2-5H,1H3,(H2,10,11,12). The van der Waals surface area contributed by atoms with E-state index in [4.69, 9.17) is 11.8 Å². The third-order valence-corrected chi connectivity index (χ3v) is 1.57. The molecular weight excluding hydrogens is 176 g/mol. The number of urea groups is 1. The minimum atomic E-state index is -0.430. The van der Waals surface area contributed by atoms with Gasteiger partial charge < -0.3 is 5.32 Å². The Morgan fingerprint density at radius 2 is 1.92 bits per heavy atom. The van der Waals surface area contributed by atoms with Crippen molar-refractivity contribution >= 4 is 23.5 Å². The van der Waals surface area contributed by atoms with Crippen molar-refractivity contribution in [2.24, 2.45) is 0 Å². The average Bonchev–Trinajstić information content (AvgIpc) is 2.09.